The molecule has 0 atom stereocenters. The van der Waals surface area contributed by atoms with Crippen LogP contribution in [0, 0.1) is 0 Å². The van der Waals surface area contributed by atoms with Crippen molar-refractivity contribution >= 4 is 32.5 Å². The van der Waals surface area contributed by atoms with E-state index in [0.29, 0.717) is 16.5 Å². The van der Waals surface area contributed by atoms with Crippen molar-refractivity contribution in [2.75, 3.05) is 5.32 Å². The molecule has 1 amide bonds. The van der Waals surface area contributed by atoms with Gasteiger partial charge < -0.3 is 9.87 Å². The van der Waals surface area contributed by atoms with Crippen LogP contribution in [-0.4, -0.2) is 18.9 Å². The van der Waals surface area contributed by atoms with Crippen molar-refractivity contribution < 1.29 is 47.3 Å². The van der Waals surface area contributed by atoms with Gasteiger partial charge in [0, 0.05) is 18.0 Å². The SMILES string of the molecule is CC(=O)Nc1ccc2cccc(S(=O)(=O)[O-])c2c1.[Na+]. The molecule has 0 aliphatic rings. The maximum absolute atomic E-state index is 11.1. The van der Waals surface area contributed by atoms with Gasteiger partial charge in [-0.25, -0.2) is 8.42 Å². The molecule has 94 valence electrons. The summed E-state index contributed by atoms with van der Waals surface area (Å²) in [6.45, 7) is 1.35. The van der Waals surface area contributed by atoms with Gasteiger partial charge in [0.2, 0.25) is 5.91 Å². The second-order valence-electron chi connectivity index (χ2n) is 3.83. The number of carbonyl (C=O) groups is 1. The average molecular weight is 287 g/mol. The number of hydrogen-bond donors (Lipinski definition) is 1. The Balaban J connectivity index is 0.00000180. The molecule has 2 aromatic rings. The number of fused-ring (bicyclic) bond motifs is 1. The van der Waals surface area contributed by atoms with Crippen LogP contribution in [0.25, 0.3) is 10.8 Å². The molecular weight excluding hydrogens is 277 g/mol. The summed E-state index contributed by atoms with van der Waals surface area (Å²) in [5, 5.41) is 3.47. The van der Waals surface area contributed by atoms with E-state index in [1.165, 1.54) is 25.1 Å². The molecule has 0 fully saturated rings. The van der Waals surface area contributed by atoms with Crippen LogP contribution in [0.5, 0.6) is 0 Å². The van der Waals surface area contributed by atoms with Gasteiger partial charge in [0.15, 0.2) is 0 Å². The van der Waals surface area contributed by atoms with Gasteiger partial charge in [-0.1, -0.05) is 18.2 Å². The molecule has 0 radical (unpaired) electrons. The molecule has 0 aliphatic carbocycles. The first kappa shape index (κ1) is 16.1. The van der Waals surface area contributed by atoms with E-state index in [9.17, 15) is 17.8 Å². The first-order valence-electron chi connectivity index (χ1n) is 5.14. The summed E-state index contributed by atoms with van der Waals surface area (Å²) in [6.07, 6.45) is 0. The predicted molar refractivity (Wildman–Crippen MR) is 66.2 cm³/mol. The predicted octanol–water partition coefficient (Wildman–Crippen LogP) is -1.29. The zero-order valence-corrected chi connectivity index (χ0v) is 13.3. The Hall–Kier alpha value is -0.920. The molecular formula is C12H10NNaO4S. The third-order valence-corrected chi connectivity index (χ3v) is 3.33. The van der Waals surface area contributed by atoms with Gasteiger partial charge in [0.1, 0.15) is 10.1 Å². The Kier molecular flexibility index (Phi) is 5.11. The van der Waals surface area contributed by atoms with Gasteiger partial charge in [0.25, 0.3) is 0 Å². The molecule has 19 heavy (non-hydrogen) atoms. The third kappa shape index (κ3) is 3.77. The largest absolute Gasteiger partial charge is 1.00 e. The number of benzene rings is 2. The van der Waals surface area contributed by atoms with Crippen LogP contribution < -0.4 is 34.9 Å². The molecule has 1 N–H and O–H groups in total. The van der Waals surface area contributed by atoms with Crippen LogP contribution in [0.4, 0.5) is 5.69 Å². The molecule has 2 rings (SSSR count). The summed E-state index contributed by atoms with van der Waals surface area (Å²) in [5.74, 6) is -0.267. The van der Waals surface area contributed by atoms with Gasteiger partial charge in [-0.15, -0.1) is 0 Å². The minimum absolute atomic E-state index is 0. The van der Waals surface area contributed by atoms with E-state index in [0.717, 1.165) is 0 Å². The third-order valence-electron chi connectivity index (χ3n) is 2.43. The summed E-state index contributed by atoms with van der Waals surface area (Å²) in [5.41, 5.74) is 0.450. The maximum atomic E-state index is 11.1. The summed E-state index contributed by atoms with van der Waals surface area (Å²) < 4.78 is 33.4. The normalized spacial score (nSPS) is 10.8. The van der Waals surface area contributed by atoms with Gasteiger partial charge in [-0.2, -0.15) is 0 Å². The molecule has 0 saturated carbocycles. The smallest absolute Gasteiger partial charge is 0.744 e. The Labute approximate surface area is 133 Å². The van der Waals surface area contributed by atoms with Crippen molar-refractivity contribution in [2.45, 2.75) is 11.8 Å². The Bertz CT molecular complexity index is 728. The van der Waals surface area contributed by atoms with E-state index in [1.807, 2.05) is 0 Å². The van der Waals surface area contributed by atoms with Crippen LogP contribution >= 0.6 is 0 Å². The average Bonchev–Trinajstić information content (AvgIpc) is 2.26. The summed E-state index contributed by atoms with van der Waals surface area (Å²) in [6, 6.07) is 9.22. The van der Waals surface area contributed by atoms with Crippen LogP contribution in [-0.2, 0) is 14.9 Å². The molecule has 0 spiro atoms. The molecule has 0 unspecified atom stereocenters. The standard InChI is InChI=1S/C12H11NO4S.Na/c1-8(14)13-10-6-5-9-3-2-4-12(11(9)7-10)18(15,16)17;/h2-7H,1H3,(H,13,14)(H,15,16,17);/q;+1/p-1. The minimum atomic E-state index is -4.54. The fraction of sp³-hybridized carbons (Fsp3) is 0.0833. The number of hydrogen-bond acceptors (Lipinski definition) is 4. The van der Waals surface area contributed by atoms with E-state index < -0.39 is 10.1 Å². The molecule has 7 heteroatoms. The fourth-order valence-electron chi connectivity index (χ4n) is 1.74. The summed E-state index contributed by atoms with van der Waals surface area (Å²) >= 11 is 0. The van der Waals surface area contributed by atoms with Crippen molar-refractivity contribution in [3.8, 4) is 0 Å². The maximum Gasteiger partial charge on any atom is 1.00 e. The van der Waals surface area contributed by atoms with Gasteiger partial charge in [0.05, 0.1) is 4.90 Å². The molecule has 0 aromatic heterocycles. The summed E-state index contributed by atoms with van der Waals surface area (Å²) in [4.78, 5) is 10.7. The molecule has 0 saturated heterocycles. The molecule has 0 heterocycles. The van der Waals surface area contributed by atoms with Crippen molar-refractivity contribution in [1.82, 2.24) is 0 Å². The number of anilines is 1. The second-order valence-corrected chi connectivity index (χ2v) is 5.18. The van der Waals surface area contributed by atoms with E-state index in [1.54, 1.807) is 18.2 Å². The molecule has 0 aliphatic heterocycles. The number of nitrogens with one attached hydrogen (secondary N) is 1. The van der Waals surface area contributed by atoms with Gasteiger partial charge in [-0.05, 0) is 23.6 Å². The monoisotopic (exact) mass is 287 g/mol. The van der Waals surface area contributed by atoms with Gasteiger partial charge in [-0.3, -0.25) is 4.79 Å². The van der Waals surface area contributed by atoms with Gasteiger partial charge >= 0.3 is 29.6 Å². The molecule has 5 nitrogen and oxygen atoms in total. The van der Waals surface area contributed by atoms with Crippen LogP contribution in [0.1, 0.15) is 6.92 Å². The molecule has 2 aromatic carbocycles. The number of rotatable bonds is 2. The van der Waals surface area contributed by atoms with Crippen molar-refractivity contribution in [2.24, 2.45) is 0 Å². The Morgan fingerprint density at radius 3 is 2.47 bits per heavy atom. The van der Waals surface area contributed by atoms with E-state index in [-0.39, 0.29) is 40.4 Å². The summed E-state index contributed by atoms with van der Waals surface area (Å²) in [7, 11) is -4.54. The van der Waals surface area contributed by atoms with Crippen LogP contribution in [0.15, 0.2) is 41.3 Å². The Morgan fingerprint density at radius 2 is 1.89 bits per heavy atom. The van der Waals surface area contributed by atoms with E-state index in [2.05, 4.69) is 5.32 Å². The zero-order chi connectivity index (χ0) is 13.3. The minimum Gasteiger partial charge on any atom is -0.744 e. The molecule has 0 bridgehead atoms. The van der Waals surface area contributed by atoms with Crippen molar-refractivity contribution in [3.63, 3.8) is 0 Å². The van der Waals surface area contributed by atoms with E-state index in [4.69, 9.17) is 0 Å². The number of amides is 1. The first-order valence-corrected chi connectivity index (χ1v) is 6.55. The number of carbonyl (C=O) groups excluding carboxylic acids is 1. The Morgan fingerprint density at radius 1 is 1.21 bits per heavy atom. The first-order chi connectivity index (χ1) is 8.38. The topological polar surface area (TPSA) is 86.3 Å². The van der Waals surface area contributed by atoms with Crippen molar-refractivity contribution in [1.29, 1.82) is 0 Å². The fourth-order valence-corrected chi connectivity index (χ4v) is 2.43. The van der Waals surface area contributed by atoms with Crippen LogP contribution in [0.2, 0.25) is 0 Å². The second kappa shape index (κ2) is 6.02. The zero-order valence-electron chi connectivity index (χ0n) is 10.5. The quantitative estimate of drug-likeness (QED) is 0.550. The van der Waals surface area contributed by atoms with Crippen LogP contribution in [0.3, 0.4) is 0 Å². The van der Waals surface area contributed by atoms with Crippen molar-refractivity contribution in [3.05, 3.63) is 36.4 Å². The van der Waals surface area contributed by atoms with E-state index >= 15 is 0 Å².